The summed E-state index contributed by atoms with van der Waals surface area (Å²) in [6.07, 6.45) is -4.11. The lowest BCUT2D eigenvalue weighted by Gasteiger charge is -2.25. The summed E-state index contributed by atoms with van der Waals surface area (Å²) in [6, 6.07) is 1.95. The van der Waals surface area contributed by atoms with Crippen molar-refractivity contribution < 1.29 is 35.7 Å². The number of nitrogens with one attached hydrogen (secondary N) is 1. The van der Waals surface area contributed by atoms with E-state index in [1.807, 2.05) is 0 Å². The van der Waals surface area contributed by atoms with Crippen LogP contribution < -0.4 is 5.32 Å². The molecule has 0 aliphatic rings. The average molecular weight is 422 g/mol. The monoisotopic (exact) mass is 421 g/mol. The third-order valence-electron chi connectivity index (χ3n) is 3.31. The highest BCUT2D eigenvalue weighted by Gasteiger charge is 2.55. The largest absolute Gasteiger partial charge is 0.426 e. The van der Waals surface area contributed by atoms with Gasteiger partial charge in [0.05, 0.1) is 37.1 Å². The van der Waals surface area contributed by atoms with Gasteiger partial charge < -0.3 is 10.4 Å². The summed E-state index contributed by atoms with van der Waals surface area (Å²) in [5.41, 5.74) is -4.10. The molecule has 1 aromatic rings. The minimum Gasteiger partial charge on any atom is -0.373 e. The molecule has 0 saturated carbocycles. The number of carbonyl (C=O) groups is 1. The van der Waals surface area contributed by atoms with Crippen molar-refractivity contribution in [1.29, 1.82) is 0 Å². The molecule has 0 aliphatic carbocycles. The number of hydrogen-bond donors (Lipinski definition) is 2. The second kappa shape index (κ2) is 7.22. The Morgan fingerprint density at radius 1 is 1.36 bits per heavy atom. The Morgan fingerprint density at radius 2 is 1.88 bits per heavy atom. The van der Waals surface area contributed by atoms with Gasteiger partial charge in [0.2, 0.25) is 5.60 Å². The van der Waals surface area contributed by atoms with Gasteiger partial charge in [0, 0.05) is 6.26 Å². The normalized spacial score (nSPS) is 16.2. The SMILES string of the molecule is CCS(=O)(=O)c1ccc(NC(=O)[C@@](C)(O)C(F)(F)F)c(Cl)c1S(C)=O. The predicted octanol–water partition coefficient (Wildman–Crippen LogP) is 2.12. The van der Waals surface area contributed by atoms with E-state index in [9.17, 15) is 35.7 Å². The van der Waals surface area contributed by atoms with Gasteiger partial charge in [-0.15, -0.1) is 0 Å². The van der Waals surface area contributed by atoms with Crippen LogP contribution >= 0.6 is 11.6 Å². The topological polar surface area (TPSA) is 101 Å². The zero-order chi connectivity index (χ0) is 19.8. The van der Waals surface area contributed by atoms with Gasteiger partial charge in [-0.05, 0) is 19.1 Å². The van der Waals surface area contributed by atoms with Crippen molar-refractivity contribution in [2.24, 2.45) is 0 Å². The fourth-order valence-corrected chi connectivity index (χ4v) is 4.69. The first kappa shape index (κ1) is 21.9. The maximum Gasteiger partial charge on any atom is 0.426 e. The number of sulfone groups is 1. The number of rotatable bonds is 5. The van der Waals surface area contributed by atoms with Gasteiger partial charge in [0.1, 0.15) is 0 Å². The summed E-state index contributed by atoms with van der Waals surface area (Å²) in [5, 5.41) is 10.6. The predicted molar refractivity (Wildman–Crippen MR) is 86.8 cm³/mol. The molecule has 6 nitrogen and oxygen atoms in total. The minimum absolute atomic E-state index is 0.255. The first-order valence-corrected chi connectivity index (χ1v) is 10.2. The van der Waals surface area contributed by atoms with E-state index in [4.69, 9.17) is 11.6 Å². The highest BCUT2D eigenvalue weighted by atomic mass is 35.5. The van der Waals surface area contributed by atoms with E-state index in [-0.39, 0.29) is 22.5 Å². The van der Waals surface area contributed by atoms with E-state index in [1.54, 1.807) is 5.32 Å². The van der Waals surface area contributed by atoms with Crippen molar-refractivity contribution in [2.75, 3.05) is 17.3 Å². The van der Waals surface area contributed by atoms with Crippen molar-refractivity contribution in [3.63, 3.8) is 0 Å². The summed E-state index contributed by atoms with van der Waals surface area (Å²) in [4.78, 5) is 11.0. The van der Waals surface area contributed by atoms with Gasteiger partial charge in [0.25, 0.3) is 5.91 Å². The van der Waals surface area contributed by atoms with Crippen LogP contribution in [0.5, 0.6) is 0 Å². The Balaban J connectivity index is 3.45. The Labute approximate surface area is 149 Å². The molecule has 0 bridgehead atoms. The second-order valence-corrected chi connectivity index (χ2v) is 9.08. The number of aliphatic hydroxyl groups is 1. The molecular weight excluding hydrogens is 407 g/mol. The zero-order valence-electron chi connectivity index (χ0n) is 13.3. The van der Waals surface area contributed by atoms with Gasteiger partial charge in [-0.2, -0.15) is 13.2 Å². The average Bonchev–Trinajstić information content (AvgIpc) is 2.47. The van der Waals surface area contributed by atoms with Crippen LogP contribution in [0.25, 0.3) is 0 Å². The molecule has 1 aromatic carbocycles. The molecule has 2 atom stereocenters. The van der Waals surface area contributed by atoms with E-state index >= 15 is 0 Å². The standard InChI is InChI=1S/C13H15ClF3NO5S2/c1-4-25(22,23)8-6-5-7(9(14)10(8)24(3)21)18-11(19)12(2,20)13(15,16)17/h5-6,20H,4H2,1-3H3,(H,18,19)/t12-,24?/m1/s1. The van der Waals surface area contributed by atoms with Crippen LogP contribution in [0.2, 0.25) is 5.02 Å². The molecule has 1 amide bonds. The van der Waals surface area contributed by atoms with Crippen molar-refractivity contribution in [2.45, 2.75) is 35.4 Å². The molecule has 12 heteroatoms. The molecule has 25 heavy (non-hydrogen) atoms. The van der Waals surface area contributed by atoms with Gasteiger partial charge in [0.15, 0.2) is 9.84 Å². The lowest BCUT2D eigenvalue weighted by Crippen LogP contribution is -2.52. The summed E-state index contributed by atoms with van der Waals surface area (Å²) < 4.78 is 74.0. The van der Waals surface area contributed by atoms with Crippen LogP contribution in [0.4, 0.5) is 18.9 Å². The molecule has 0 aliphatic heterocycles. The summed E-state index contributed by atoms with van der Waals surface area (Å²) in [6.45, 7) is 1.60. The Bertz CT molecular complexity index is 822. The highest BCUT2D eigenvalue weighted by molar-refractivity contribution is 7.92. The van der Waals surface area contributed by atoms with Crippen molar-refractivity contribution in [3.8, 4) is 0 Å². The first-order chi connectivity index (χ1) is 11.2. The van der Waals surface area contributed by atoms with E-state index in [0.29, 0.717) is 0 Å². The fourth-order valence-electron chi connectivity index (χ4n) is 1.68. The van der Waals surface area contributed by atoms with Crippen LogP contribution in [0.15, 0.2) is 21.9 Å². The van der Waals surface area contributed by atoms with Gasteiger partial charge in [-0.1, -0.05) is 18.5 Å². The van der Waals surface area contributed by atoms with Crippen molar-refractivity contribution in [3.05, 3.63) is 17.2 Å². The number of alkyl halides is 3. The van der Waals surface area contributed by atoms with E-state index in [1.165, 1.54) is 6.92 Å². The lowest BCUT2D eigenvalue weighted by molar-refractivity contribution is -0.242. The Morgan fingerprint density at radius 3 is 2.28 bits per heavy atom. The maximum atomic E-state index is 12.7. The van der Waals surface area contributed by atoms with Crippen LogP contribution in [0, 0.1) is 0 Å². The summed E-state index contributed by atoms with van der Waals surface area (Å²) in [5.74, 6) is -2.14. The van der Waals surface area contributed by atoms with Gasteiger partial charge in [-0.25, -0.2) is 8.42 Å². The number of anilines is 1. The quantitative estimate of drug-likeness (QED) is 0.758. The van der Waals surface area contributed by atoms with Gasteiger partial charge >= 0.3 is 6.18 Å². The molecule has 0 heterocycles. The number of amides is 1. The van der Waals surface area contributed by atoms with Crippen molar-refractivity contribution in [1.82, 2.24) is 0 Å². The van der Waals surface area contributed by atoms with Crippen LogP contribution in [0.3, 0.4) is 0 Å². The molecule has 0 saturated heterocycles. The number of carbonyl (C=O) groups excluding carboxylic acids is 1. The van der Waals surface area contributed by atoms with Crippen LogP contribution in [-0.2, 0) is 25.4 Å². The first-order valence-electron chi connectivity index (χ1n) is 6.66. The molecule has 1 rings (SSSR count). The zero-order valence-corrected chi connectivity index (χ0v) is 15.7. The summed E-state index contributed by atoms with van der Waals surface area (Å²) >= 11 is 5.95. The number of halogens is 4. The number of hydrogen-bond acceptors (Lipinski definition) is 5. The maximum absolute atomic E-state index is 12.7. The molecule has 142 valence electrons. The van der Waals surface area contributed by atoms with Gasteiger partial charge in [-0.3, -0.25) is 9.00 Å². The molecule has 2 N–H and O–H groups in total. The van der Waals surface area contributed by atoms with E-state index in [0.717, 1.165) is 18.4 Å². The Kier molecular flexibility index (Phi) is 6.31. The molecule has 0 fully saturated rings. The second-order valence-electron chi connectivity index (χ2n) is 5.14. The molecule has 0 spiro atoms. The van der Waals surface area contributed by atoms with E-state index < -0.39 is 49.0 Å². The highest BCUT2D eigenvalue weighted by Crippen LogP contribution is 2.36. The lowest BCUT2D eigenvalue weighted by atomic mass is 10.1. The molecular formula is C13H15ClF3NO5S2. The fraction of sp³-hybridized carbons (Fsp3) is 0.462. The van der Waals surface area contributed by atoms with Crippen molar-refractivity contribution >= 4 is 43.8 Å². The molecule has 0 aromatic heterocycles. The molecule has 0 radical (unpaired) electrons. The third-order valence-corrected chi connectivity index (χ3v) is 6.71. The van der Waals surface area contributed by atoms with E-state index in [2.05, 4.69) is 0 Å². The van der Waals surface area contributed by atoms with Crippen LogP contribution in [0.1, 0.15) is 13.8 Å². The minimum atomic E-state index is -5.24. The summed E-state index contributed by atoms with van der Waals surface area (Å²) in [7, 11) is -5.72. The smallest absolute Gasteiger partial charge is 0.373 e. The van der Waals surface area contributed by atoms with Crippen LogP contribution in [-0.4, -0.2) is 47.4 Å². The number of benzene rings is 1. The third kappa shape index (κ3) is 4.33. The molecule has 1 unspecified atom stereocenters. The Hall–Kier alpha value is -1.17.